The zero-order valence-electron chi connectivity index (χ0n) is 13.4. The van der Waals surface area contributed by atoms with Gasteiger partial charge in [0.05, 0.1) is 6.20 Å². The Morgan fingerprint density at radius 3 is 2.50 bits per heavy atom. The molecular weight excluding hydrogens is 367 g/mol. The Morgan fingerprint density at radius 2 is 1.92 bits per heavy atom. The van der Waals surface area contributed by atoms with Crippen LogP contribution in [0.4, 0.5) is 0 Å². The lowest BCUT2D eigenvalue weighted by Crippen LogP contribution is -2.42. The van der Waals surface area contributed by atoms with Gasteiger partial charge in [0.15, 0.2) is 0 Å². The van der Waals surface area contributed by atoms with E-state index in [9.17, 15) is 4.79 Å². The van der Waals surface area contributed by atoms with E-state index in [-0.39, 0.29) is 36.8 Å². The topological polar surface area (TPSA) is 72.1 Å². The van der Waals surface area contributed by atoms with E-state index in [1.54, 1.807) is 18.6 Å². The predicted molar refractivity (Wildman–Crippen MR) is 102 cm³/mol. The molecule has 0 saturated carbocycles. The fourth-order valence-corrected chi connectivity index (χ4v) is 3.67. The molecule has 1 fully saturated rings. The van der Waals surface area contributed by atoms with Gasteiger partial charge in [0, 0.05) is 37.1 Å². The van der Waals surface area contributed by atoms with Crippen LogP contribution in [0.5, 0.6) is 0 Å². The first kappa shape index (κ1) is 20.8. The average Bonchev–Trinajstić information content (AvgIpc) is 3.05. The van der Waals surface area contributed by atoms with Gasteiger partial charge in [-0.25, -0.2) is 4.98 Å². The zero-order chi connectivity index (χ0) is 15.5. The molecule has 0 radical (unpaired) electrons. The predicted octanol–water partition coefficient (Wildman–Crippen LogP) is 3.25. The highest BCUT2D eigenvalue weighted by atomic mass is 35.5. The van der Waals surface area contributed by atoms with E-state index in [1.165, 1.54) is 11.3 Å². The molecule has 132 valence electrons. The molecule has 0 aliphatic carbocycles. The Bertz CT molecular complexity index is 643. The summed E-state index contributed by atoms with van der Waals surface area (Å²) in [6.07, 6.45) is 7.12. The first-order valence-electron chi connectivity index (χ1n) is 7.56. The summed E-state index contributed by atoms with van der Waals surface area (Å²) in [5.74, 6) is 0.610. The number of carbonyl (C=O) groups excluding carboxylic acids is 1. The van der Waals surface area contributed by atoms with Crippen molar-refractivity contribution in [3.05, 3.63) is 35.6 Å². The number of amides is 1. The monoisotopic (exact) mass is 388 g/mol. The molecule has 1 atom stereocenters. The number of piperidine rings is 1. The van der Waals surface area contributed by atoms with Gasteiger partial charge in [0.2, 0.25) is 0 Å². The number of aromatic nitrogens is 2. The molecule has 24 heavy (non-hydrogen) atoms. The summed E-state index contributed by atoms with van der Waals surface area (Å²) < 4.78 is 0. The van der Waals surface area contributed by atoms with Crippen LogP contribution in [0.1, 0.15) is 29.4 Å². The fourth-order valence-electron chi connectivity index (χ4n) is 2.79. The summed E-state index contributed by atoms with van der Waals surface area (Å²) in [5.41, 5.74) is 6.95. The van der Waals surface area contributed by atoms with Crippen LogP contribution in [0.3, 0.4) is 0 Å². The SMILES string of the molecule is CC(N)C1CCN(C(=O)c2cnc(-c3ccncc3)s2)CC1.Cl.Cl. The van der Waals surface area contributed by atoms with Gasteiger partial charge in [-0.15, -0.1) is 36.2 Å². The minimum Gasteiger partial charge on any atom is -0.338 e. The lowest BCUT2D eigenvalue weighted by molar-refractivity contribution is 0.0685. The quantitative estimate of drug-likeness (QED) is 0.875. The van der Waals surface area contributed by atoms with Crippen molar-refractivity contribution in [2.24, 2.45) is 11.7 Å². The second-order valence-corrected chi connectivity index (χ2v) is 6.78. The van der Waals surface area contributed by atoms with E-state index in [0.717, 1.165) is 36.5 Å². The maximum atomic E-state index is 12.6. The second kappa shape index (κ2) is 9.32. The van der Waals surface area contributed by atoms with Gasteiger partial charge in [0.25, 0.3) is 5.91 Å². The average molecular weight is 389 g/mol. The van der Waals surface area contributed by atoms with Crippen molar-refractivity contribution in [1.82, 2.24) is 14.9 Å². The molecule has 8 heteroatoms. The highest BCUT2D eigenvalue weighted by Gasteiger charge is 2.26. The molecule has 5 nitrogen and oxygen atoms in total. The number of rotatable bonds is 3. The minimum absolute atomic E-state index is 0. The number of carbonyl (C=O) groups is 1. The number of halogens is 2. The Balaban J connectivity index is 0.00000144. The van der Waals surface area contributed by atoms with E-state index in [0.29, 0.717) is 10.8 Å². The molecule has 1 aliphatic rings. The van der Waals surface area contributed by atoms with Gasteiger partial charge in [0.1, 0.15) is 9.88 Å². The zero-order valence-corrected chi connectivity index (χ0v) is 15.9. The maximum absolute atomic E-state index is 12.6. The highest BCUT2D eigenvalue weighted by Crippen LogP contribution is 2.27. The highest BCUT2D eigenvalue weighted by molar-refractivity contribution is 7.16. The van der Waals surface area contributed by atoms with Crippen LogP contribution in [0.25, 0.3) is 10.6 Å². The Hall–Kier alpha value is -1.21. The van der Waals surface area contributed by atoms with Crippen molar-refractivity contribution >= 4 is 42.1 Å². The van der Waals surface area contributed by atoms with E-state index in [1.807, 2.05) is 24.0 Å². The summed E-state index contributed by atoms with van der Waals surface area (Å²) in [5, 5.41) is 0.858. The number of pyridine rings is 1. The summed E-state index contributed by atoms with van der Waals surface area (Å²) in [4.78, 5) is 23.6. The van der Waals surface area contributed by atoms with E-state index >= 15 is 0 Å². The standard InChI is InChI=1S/C16H20N4OS.2ClH/c1-11(17)12-4-8-20(9-5-12)16(21)14-10-19-15(22-14)13-2-6-18-7-3-13;;/h2-3,6-7,10-12H,4-5,8-9,17H2,1H3;2*1H. The van der Waals surface area contributed by atoms with Crippen molar-refractivity contribution in [3.8, 4) is 10.6 Å². The third-order valence-corrected chi connectivity index (χ3v) is 5.25. The molecule has 1 amide bonds. The smallest absolute Gasteiger partial charge is 0.265 e. The van der Waals surface area contributed by atoms with Crippen LogP contribution in [0.2, 0.25) is 0 Å². The first-order valence-corrected chi connectivity index (χ1v) is 8.38. The van der Waals surface area contributed by atoms with E-state index < -0.39 is 0 Å². The van der Waals surface area contributed by atoms with Gasteiger partial charge < -0.3 is 10.6 Å². The molecule has 0 aromatic carbocycles. The van der Waals surface area contributed by atoms with Gasteiger partial charge in [-0.3, -0.25) is 9.78 Å². The number of hydrogen-bond donors (Lipinski definition) is 1. The normalized spacial score (nSPS) is 16.0. The van der Waals surface area contributed by atoms with Crippen LogP contribution in [-0.2, 0) is 0 Å². The summed E-state index contributed by atoms with van der Waals surface area (Å²) >= 11 is 1.44. The number of thiazole rings is 1. The lowest BCUT2D eigenvalue weighted by Gasteiger charge is -2.33. The van der Waals surface area contributed by atoms with E-state index in [4.69, 9.17) is 5.73 Å². The molecule has 0 spiro atoms. The molecule has 2 aromatic rings. The van der Waals surface area contributed by atoms with Crippen molar-refractivity contribution < 1.29 is 4.79 Å². The Labute approximate surface area is 158 Å². The van der Waals surface area contributed by atoms with Crippen LogP contribution in [0, 0.1) is 5.92 Å². The summed E-state index contributed by atoms with van der Waals surface area (Å²) in [6.45, 7) is 3.62. The van der Waals surface area contributed by atoms with Gasteiger partial charge in [-0.2, -0.15) is 0 Å². The third kappa shape index (κ3) is 4.66. The number of likely N-dealkylation sites (tertiary alicyclic amines) is 1. The largest absolute Gasteiger partial charge is 0.338 e. The molecule has 2 aromatic heterocycles. The number of hydrogen-bond acceptors (Lipinski definition) is 5. The van der Waals surface area contributed by atoms with Gasteiger partial charge >= 0.3 is 0 Å². The van der Waals surface area contributed by atoms with Crippen molar-refractivity contribution in [1.29, 1.82) is 0 Å². The molecule has 3 heterocycles. The lowest BCUT2D eigenvalue weighted by atomic mass is 9.91. The maximum Gasteiger partial charge on any atom is 0.265 e. The third-order valence-electron chi connectivity index (χ3n) is 4.21. The number of nitrogens with zero attached hydrogens (tertiary/aromatic N) is 3. The molecule has 1 aliphatic heterocycles. The molecule has 1 unspecified atom stereocenters. The number of nitrogens with two attached hydrogens (primary N) is 1. The van der Waals surface area contributed by atoms with Crippen LogP contribution in [-0.4, -0.2) is 39.9 Å². The fraction of sp³-hybridized carbons (Fsp3) is 0.438. The first-order chi connectivity index (χ1) is 10.6. The molecule has 0 bridgehead atoms. The Kier molecular flexibility index (Phi) is 8.09. The van der Waals surface area contributed by atoms with Crippen LogP contribution < -0.4 is 5.73 Å². The molecule has 1 saturated heterocycles. The van der Waals surface area contributed by atoms with Crippen molar-refractivity contribution in [2.75, 3.05) is 13.1 Å². The van der Waals surface area contributed by atoms with Crippen molar-refractivity contribution in [3.63, 3.8) is 0 Å². The van der Waals surface area contributed by atoms with Gasteiger partial charge in [-0.05, 0) is 37.8 Å². The Morgan fingerprint density at radius 1 is 1.29 bits per heavy atom. The minimum atomic E-state index is 0. The van der Waals surface area contributed by atoms with E-state index in [2.05, 4.69) is 9.97 Å². The van der Waals surface area contributed by atoms with Gasteiger partial charge in [-0.1, -0.05) is 0 Å². The molecular formula is C16H22Cl2N4OS. The summed E-state index contributed by atoms with van der Waals surface area (Å²) in [7, 11) is 0. The van der Waals surface area contributed by atoms with Crippen molar-refractivity contribution in [2.45, 2.75) is 25.8 Å². The second-order valence-electron chi connectivity index (χ2n) is 5.75. The summed E-state index contributed by atoms with van der Waals surface area (Å²) in [6, 6.07) is 4.02. The van der Waals surface area contributed by atoms with Crippen LogP contribution in [0.15, 0.2) is 30.7 Å². The van der Waals surface area contributed by atoms with Crippen LogP contribution >= 0.6 is 36.2 Å². The molecule has 2 N–H and O–H groups in total. The molecule has 3 rings (SSSR count).